The van der Waals surface area contributed by atoms with Crippen LogP contribution in [-0.4, -0.2) is 30.8 Å². The van der Waals surface area contributed by atoms with Gasteiger partial charge in [-0.25, -0.2) is 4.79 Å². The van der Waals surface area contributed by atoms with Crippen LogP contribution in [0.4, 0.5) is 4.79 Å². The Labute approximate surface area is 215 Å². The summed E-state index contributed by atoms with van der Waals surface area (Å²) in [5, 5.41) is 10.3. The summed E-state index contributed by atoms with van der Waals surface area (Å²) in [5.41, 5.74) is 4.31. The van der Waals surface area contributed by atoms with Gasteiger partial charge in [-0.3, -0.25) is 4.79 Å². The number of hydrogen-bond acceptors (Lipinski definition) is 5. The number of methoxy groups -OCH3 is 1. The van der Waals surface area contributed by atoms with Crippen LogP contribution < -0.4 is 0 Å². The number of aliphatic hydroxyl groups is 1. The highest BCUT2D eigenvalue weighted by molar-refractivity contribution is 6.06. The molecule has 5 aliphatic rings. The monoisotopic (exact) mass is 494 g/mol. The van der Waals surface area contributed by atoms with Crippen molar-refractivity contribution < 1.29 is 24.2 Å². The number of hydrogen-bond donors (Lipinski definition) is 1. The Morgan fingerprint density at radius 3 is 2.42 bits per heavy atom. The van der Waals surface area contributed by atoms with Crippen molar-refractivity contribution in [3.63, 3.8) is 0 Å². The second kappa shape index (κ2) is 7.85. The zero-order valence-electron chi connectivity index (χ0n) is 23.0. The standard InChI is InChI=1S/C31H42O5/c1-19-20-8-9-23-29(4,21(20)16-22(32)25(19)33)13-15-31(6)24-17-27(2,18-36-26(34)35-7)10-11-28(24,3)12-14-30(23,31)5/h8-9,16,24,33H,10-15,17-18H2,1-7H3/t24?,27-,28-,29+,30-,31?/m1/s1. The van der Waals surface area contributed by atoms with E-state index in [0.29, 0.717) is 18.1 Å². The van der Waals surface area contributed by atoms with Gasteiger partial charge in [0, 0.05) is 16.4 Å². The van der Waals surface area contributed by atoms with Gasteiger partial charge in [0.1, 0.15) is 6.61 Å². The fourth-order valence-corrected chi connectivity index (χ4v) is 8.95. The van der Waals surface area contributed by atoms with Gasteiger partial charge in [0.25, 0.3) is 0 Å². The van der Waals surface area contributed by atoms with Gasteiger partial charge in [-0.1, -0.05) is 52.3 Å². The Morgan fingerprint density at radius 2 is 1.72 bits per heavy atom. The van der Waals surface area contributed by atoms with Crippen LogP contribution in [0.1, 0.15) is 86.5 Å². The summed E-state index contributed by atoms with van der Waals surface area (Å²) in [5.74, 6) is 0.110. The predicted octanol–water partition coefficient (Wildman–Crippen LogP) is 7.40. The summed E-state index contributed by atoms with van der Waals surface area (Å²) in [7, 11) is 1.36. The number of aliphatic hydroxyl groups excluding tert-OH is 1. The van der Waals surface area contributed by atoms with Gasteiger partial charge in [0.15, 0.2) is 5.76 Å². The topological polar surface area (TPSA) is 72.8 Å². The molecule has 0 spiro atoms. The molecule has 0 aliphatic heterocycles. The number of allylic oxidation sites excluding steroid dienone is 7. The largest absolute Gasteiger partial charge is 0.507 e. The maximum atomic E-state index is 12.7. The van der Waals surface area contributed by atoms with E-state index < -0.39 is 6.16 Å². The number of carbonyl (C=O) groups is 2. The molecule has 1 N–H and O–H groups in total. The van der Waals surface area contributed by atoms with Crippen LogP contribution in [0, 0.1) is 33.0 Å². The van der Waals surface area contributed by atoms with Crippen LogP contribution in [0.5, 0.6) is 0 Å². The predicted molar refractivity (Wildman–Crippen MR) is 139 cm³/mol. The van der Waals surface area contributed by atoms with Crippen molar-refractivity contribution >= 4 is 11.9 Å². The maximum absolute atomic E-state index is 12.7. The molecule has 3 fully saturated rings. The van der Waals surface area contributed by atoms with Crippen molar-refractivity contribution in [1.29, 1.82) is 0 Å². The van der Waals surface area contributed by atoms with Crippen molar-refractivity contribution in [1.82, 2.24) is 0 Å². The second-order valence-electron chi connectivity index (χ2n) is 13.6. The molecule has 0 heterocycles. The summed E-state index contributed by atoms with van der Waals surface area (Å²) >= 11 is 0. The van der Waals surface area contributed by atoms with E-state index in [1.807, 2.05) is 6.92 Å². The molecule has 36 heavy (non-hydrogen) atoms. The zero-order chi connectivity index (χ0) is 26.3. The van der Waals surface area contributed by atoms with Gasteiger partial charge >= 0.3 is 6.16 Å². The van der Waals surface area contributed by atoms with E-state index >= 15 is 0 Å². The van der Waals surface area contributed by atoms with E-state index in [2.05, 4.69) is 46.8 Å². The molecule has 0 saturated heterocycles. The molecule has 196 valence electrons. The molecule has 5 aliphatic carbocycles. The molecular formula is C31H42O5. The maximum Gasteiger partial charge on any atom is 0.507 e. The molecule has 0 aromatic carbocycles. The summed E-state index contributed by atoms with van der Waals surface area (Å²) in [4.78, 5) is 24.4. The Kier molecular flexibility index (Phi) is 5.53. The number of ketones is 1. The molecule has 0 amide bonds. The van der Waals surface area contributed by atoms with Crippen molar-refractivity contribution in [2.45, 2.75) is 86.5 Å². The molecule has 3 saturated carbocycles. The minimum Gasteiger partial charge on any atom is -0.504 e. The molecule has 0 aromatic rings. The summed E-state index contributed by atoms with van der Waals surface area (Å²) < 4.78 is 10.2. The molecule has 6 atom stereocenters. The Bertz CT molecular complexity index is 1160. The highest BCUT2D eigenvalue weighted by Gasteiger charge is 2.66. The highest BCUT2D eigenvalue weighted by atomic mass is 16.7. The SMILES string of the molecule is COC(=O)OC[C@]1(C)CC[C@]2(C)CC[C@]3(C)C4=CC=C5C(=CC(=O)C(O)=C5C)[C@]4(C)CCC3(C)C2C1. The first kappa shape index (κ1) is 25.4. The highest BCUT2D eigenvalue weighted by Crippen LogP contribution is 2.75. The first-order valence-corrected chi connectivity index (χ1v) is 13.5. The lowest BCUT2D eigenvalue weighted by Crippen LogP contribution is -2.62. The normalized spacial score (nSPS) is 43.7. The minimum atomic E-state index is -0.599. The molecule has 0 radical (unpaired) electrons. The quantitative estimate of drug-likeness (QED) is 0.405. The fourth-order valence-electron chi connectivity index (χ4n) is 8.95. The summed E-state index contributed by atoms with van der Waals surface area (Å²) in [6.07, 6.45) is 13.2. The lowest BCUT2D eigenvalue weighted by molar-refractivity contribution is -0.166. The molecule has 0 aromatic heterocycles. The number of fused-ring (bicyclic) bond motifs is 7. The number of rotatable bonds is 2. The van der Waals surface area contributed by atoms with Crippen LogP contribution in [0.2, 0.25) is 0 Å². The third kappa shape index (κ3) is 3.26. The third-order valence-electron chi connectivity index (χ3n) is 11.7. The average molecular weight is 495 g/mol. The molecular weight excluding hydrogens is 452 g/mol. The van der Waals surface area contributed by atoms with Crippen molar-refractivity contribution in [3.05, 3.63) is 46.3 Å². The van der Waals surface area contributed by atoms with Crippen molar-refractivity contribution in [3.8, 4) is 0 Å². The molecule has 2 unspecified atom stereocenters. The van der Waals surface area contributed by atoms with Gasteiger partial charge in [-0.2, -0.15) is 0 Å². The minimum absolute atomic E-state index is 0.00530. The lowest BCUT2D eigenvalue weighted by Gasteiger charge is -2.70. The summed E-state index contributed by atoms with van der Waals surface area (Å²) in [6, 6.07) is 0. The average Bonchev–Trinajstić information content (AvgIpc) is 2.84. The van der Waals surface area contributed by atoms with E-state index in [0.717, 1.165) is 49.7 Å². The van der Waals surface area contributed by atoms with Crippen molar-refractivity contribution in [2.24, 2.45) is 33.0 Å². The first-order valence-electron chi connectivity index (χ1n) is 13.5. The van der Waals surface area contributed by atoms with Crippen LogP contribution in [0.25, 0.3) is 0 Å². The molecule has 5 nitrogen and oxygen atoms in total. The van der Waals surface area contributed by atoms with Gasteiger partial charge in [0.2, 0.25) is 5.78 Å². The van der Waals surface area contributed by atoms with E-state index in [1.165, 1.54) is 19.1 Å². The van der Waals surface area contributed by atoms with Gasteiger partial charge in [-0.15, -0.1) is 0 Å². The van der Waals surface area contributed by atoms with E-state index in [-0.39, 0.29) is 38.6 Å². The molecule has 0 bridgehead atoms. The number of carbonyl (C=O) groups excluding carboxylic acids is 2. The molecule has 5 heteroatoms. The number of ether oxygens (including phenoxy) is 2. The third-order valence-corrected chi connectivity index (χ3v) is 11.7. The Hall–Kier alpha value is -2.30. The van der Waals surface area contributed by atoms with Crippen LogP contribution >= 0.6 is 0 Å². The lowest BCUT2D eigenvalue weighted by atomic mass is 9.34. The smallest absolute Gasteiger partial charge is 0.504 e. The Balaban J connectivity index is 1.55. The zero-order valence-corrected chi connectivity index (χ0v) is 23.0. The molecule has 5 rings (SSSR count). The van der Waals surface area contributed by atoms with E-state index in [4.69, 9.17) is 9.47 Å². The van der Waals surface area contributed by atoms with Crippen LogP contribution in [0.3, 0.4) is 0 Å². The van der Waals surface area contributed by atoms with E-state index in [9.17, 15) is 14.7 Å². The second-order valence-corrected chi connectivity index (χ2v) is 13.6. The van der Waals surface area contributed by atoms with Gasteiger partial charge in [0.05, 0.1) is 7.11 Å². The fraction of sp³-hybridized carbons (Fsp3) is 0.677. The van der Waals surface area contributed by atoms with Gasteiger partial charge in [-0.05, 0) is 91.3 Å². The summed E-state index contributed by atoms with van der Waals surface area (Å²) in [6.45, 7) is 14.3. The van der Waals surface area contributed by atoms with E-state index in [1.54, 1.807) is 6.08 Å². The van der Waals surface area contributed by atoms with Gasteiger partial charge < -0.3 is 14.6 Å². The van der Waals surface area contributed by atoms with Crippen LogP contribution in [0.15, 0.2) is 46.3 Å². The van der Waals surface area contributed by atoms with Crippen LogP contribution in [-0.2, 0) is 14.3 Å². The first-order chi connectivity index (χ1) is 16.7. The van der Waals surface area contributed by atoms with Crippen molar-refractivity contribution in [2.75, 3.05) is 13.7 Å². The Morgan fingerprint density at radius 1 is 1.03 bits per heavy atom.